The van der Waals surface area contributed by atoms with E-state index in [0.717, 1.165) is 16.7 Å². The predicted molar refractivity (Wildman–Crippen MR) is 94.8 cm³/mol. The van der Waals surface area contributed by atoms with Gasteiger partial charge in [0.25, 0.3) is 0 Å². The van der Waals surface area contributed by atoms with Gasteiger partial charge in [-0.2, -0.15) is 0 Å². The lowest BCUT2D eigenvalue weighted by Gasteiger charge is -2.05. The van der Waals surface area contributed by atoms with Crippen molar-refractivity contribution >= 4 is 11.0 Å². The van der Waals surface area contributed by atoms with Crippen molar-refractivity contribution in [2.45, 2.75) is 0 Å². The van der Waals surface area contributed by atoms with Crippen LogP contribution in [0.5, 0.6) is 11.5 Å². The molecule has 1 heterocycles. The predicted octanol–water partition coefficient (Wildman–Crippen LogP) is 5.46. The van der Waals surface area contributed by atoms with E-state index in [1.165, 1.54) is 12.1 Å². The monoisotopic (exact) mass is 315 g/mol. The van der Waals surface area contributed by atoms with E-state index >= 15 is 0 Å². The number of fused-ring (bicyclic) bond motifs is 1. The number of phenols is 2. The zero-order chi connectivity index (χ0) is 16.5. The lowest BCUT2D eigenvalue weighted by molar-refractivity contribution is 0.452. The summed E-state index contributed by atoms with van der Waals surface area (Å²) in [7, 11) is 0. The second-order valence-electron chi connectivity index (χ2n) is 5.59. The summed E-state index contributed by atoms with van der Waals surface area (Å²) in [5.74, 6) is 0.632. The Morgan fingerprint density at radius 2 is 1.29 bits per heavy atom. The molecule has 1 aromatic heterocycles. The highest BCUT2D eigenvalue weighted by molar-refractivity contribution is 5.99. The SMILES string of the molecule is Oc1cc(O)c2c(-c3ccccc3)cc(-c3ccccc3)[o+]c2c1. The highest BCUT2D eigenvalue weighted by Gasteiger charge is 2.23. The van der Waals surface area contributed by atoms with Crippen LogP contribution in [0.4, 0.5) is 0 Å². The zero-order valence-electron chi connectivity index (χ0n) is 12.8. The van der Waals surface area contributed by atoms with Crippen LogP contribution in [0.3, 0.4) is 0 Å². The molecule has 116 valence electrons. The first-order chi connectivity index (χ1) is 11.7. The third-order valence-corrected chi connectivity index (χ3v) is 3.97. The number of rotatable bonds is 2. The maximum Gasteiger partial charge on any atom is 0.368 e. The molecule has 4 rings (SSSR count). The van der Waals surface area contributed by atoms with Crippen molar-refractivity contribution in [2.24, 2.45) is 0 Å². The normalized spacial score (nSPS) is 10.8. The summed E-state index contributed by atoms with van der Waals surface area (Å²) in [6.45, 7) is 0. The first-order valence-electron chi connectivity index (χ1n) is 7.66. The van der Waals surface area contributed by atoms with E-state index in [9.17, 15) is 10.2 Å². The van der Waals surface area contributed by atoms with Crippen LogP contribution in [-0.4, -0.2) is 10.2 Å². The smallest absolute Gasteiger partial charge is 0.368 e. The fourth-order valence-electron chi connectivity index (χ4n) is 2.88. The molecule has 0 aliphatic heterocycles. The minimum atomic E-state index is -0.0343. The molecular formula is C21H15O3+. The average Bonchev–Trinajstić information content (AvgIpc) is 2.62. The van der Waals surface area contributed by atoms with E-state index in [2.05, 4.69) is 0 Å². The molecule has 0 fully saturated rings. The Labute approximate surface area is 139 Å². The number of hydrogen-bond acceptors (Lipinski definition) is 2. The third-order valence-electron chi connectivity index (χ3n) is 3.97. The maximum atomic E-state index is 10.3. The van der Waals surface area contributed by atoms with Crippen LogP contribution >= 0.6 is 0 Å². The van der Waals surface area contributed by atoms with Crippen LogP contribution in [0, 0.1) is 0 Å². The summed E-state index contributed by atoms with van der Waals surface area (Å²) in [5, 5.41) is 20.7. The third kappa shape index (κ3) is 2.46. The summed E-state index contributed by atoms with van der Waals surface area (Å²) < 4.78 is 5.95. The van der Waals surface area contributed by atoms with Gasteiger partial charge in [0.05, 0.1) is 17.7 Å². The van der Waals surface area contributed by atoms with E-state index in [0.29, 0.717) is 16.7 Å². The second kappa shape index (κ2) is 5.70. The quantitative estimate of drug-likeness (QED) is 0.483. The van der Waals surface area contributed by atoms with Gasteiger partial charge >= 0.3 is 11.3 Å². The molecule has 3 heteroatoms. The number of phenolic OH excluding ortho intramolecular Hbond substituents is 2. The van der Waals surface area contributed by atoms with Gasteiger partial charge in [-0.05, 0) is 17.7 Å². The lowest BCUT2D eigenvalue weighted by Crippen LogP contribution is -1.86. The molecule has 0 aliphatic carbocycles. The summed E-state index contributed by atoms with van der Waals surface area (Å²) in [6, 6.07) is 24.3. The molecule has 4 aromatic rings. The van der Waals surface area contributed by atoms with Crippen molar-refractivity contribution in [1.29, 1.82) is 0 Å². The van der Waals surface area contributed by atoms with E-state index in [-0.39, 0.29) is 11.5 Å². The van der Waals surface area contributed by atoms with Crippen LogP contribution in [0.1, 0.15) is 0 Å². The van der Waals surface area contributed by atoms with Gasteiger partial charge in [0.2, 0.25) is 0 Å². The number of hydrogen-bond donors (Lipinski definition) is 2. The van der Waals surface area contributed by atoms with Gasteiger partial charge in [0, 0.05) is 11.6 Å². The van der Waals surface area contributed by atoms with Crippen molar-refractivity contribution in [1.82, 2.24) is 0 Å². The fraction of sp³-hybridized carbons (Fsp3) is 0. The van der Waals surface area contributed by atoms with Crippen molar-refractivity contribution in [2.75, 3.05) is 0 Å². The van der Waals surface area contributed by atoms with Gasteiger partial charge in [0.15, 0.2) is 0 Å². The van der Waals surface area contributed by atoms with Crippen LogP contribution in [0.15, 0.2) is 83.3 Å². The summed E-state index contributed by atoms with van der Waals surface area (Å²) in [5.41, 5.74) is 3.19. The molecule has 0 saturated heterocycles. The summed E-state index contributed by atoms with van der Waals surface area (Å²) >= 11 is 0. The fourth-order valence-corrected chi connectivity index (χ4v) is 2.88. The molecule has 2 N–H and O–H groups in total. The zero-order valence-corrected chi connectivity index (χ0v) is 12.8. The maximum absolute atomic E-state index is 10.3. The minimum absolute atomic E-state index is 0.00721. The van der Waals surface area contributed by atoms with Gasteiger partial charge in [0.1, 0.15) is 16.9 Å². The highest BCUT2D eigenvalue weighted by atomic mass is 16.3. The Kier molecular flexibility index (Phi) is 3.39. The van der Waals surface area contributed by atoms with Crippen molar-refractivity contribution in [3.05, 3.63) is 78.9 Å². The van der Waals surface area contributed by atoms with Gasteiger partial charge < -0.3 is 10.2 Å². The molecule has 24 heavy (non-hydrogen) atoms. The number of aromatic hydroxyl groups is 2. The van der Waals surface area contributed by atoms with Gasteiger partial charge in [-0.1, -0.05) is 48.5 Å². The summed E-state index contributed by atoms with van der Waals surface area (Å²) in [6.07, 6.45) is 0. The van der Waals surface area contributed by atoms with E-state index in [1.807, 2.05) is 66.7 Å². The van der Waals surface area contributed by atoms with Gasteiger partial charge in [-0.15, -0.1) is 0 Å². The molecule has 0 aliphatic rings. The van der Waals surface area contributed by atoms with E-state index in [4.69, 9.17) is 4.42 Å². The molecule has 3 nitrogen and oxygen atoms in total. The Morgan fingerprint density at radius 3 is 1.96 bits per heavy atom. The first-order valence-corrected chi connectivity index (χ1v) is 7.66. The number of benzene rings is 3. The largest absolute Gasteiger partial charge is 0.507 e. The second-order valence-corrected chi connectivity index (χ2v) is 5.59. The average molecular weight is 315 g/mol. The molecule has 3 aromatic carbocycles. The van der Waals surface area contributed by atoms with Crippen molar-refractivity contribution in [3.8, 4) is 33.9 Å². The van der Waals surface area contributed by atoms with Crippen molar-refractivity contribution in [3.63, 3.8) is 0 Å². The van der Waals surface area contributed by atoms with Crippen molar-refractivity contribution < 1.29 is 14.6 Å². The Bertz CT molecular complexity index is 1010. The molecule has 0 bridgehead atoms. The Hall–Kier alpha value is -3.33. The molecule has 0 saturated carbocycles. The lowest BCUT2D eigenvalue weighted by atomic mass is 9.99. The van der Waals surface area contributed by atoms with E-state index < -0.39 is 0 Å². The highest BCUT2D eigenvalue weighted by Crippen LogP contribution is 2.40. The van der Waals surface area contributed by atoms with Crippen LogP contribution in [-0.2, 0) is 0 Å². The molecule has 0 amide bonds. The van der Waals surface area contributed by atoms with Crippen LogP contribution < -0.4 is 0 Å². The van der Waals surface area contributed by atoms with Crippen LogP contribution in [0.2, 0.25) is 0 Å². The Morgan fingerprint density at radius 1 is 0.667 bits per heavy atom. The van der Waals surface area contributed by atoms with Gasteiger partial charge in [-0.3, -0.25) is 0 Å². The molecule has 0 atom stereocenters. The molecule has 0 radical (unpaired) electrons. The molecular weight excluding hydrogens is 300 g/mol. The van der Waals surface area contributed by atoms with E-state index in [1.54, 1.807) is 0 Å². The molecule has 0 unspecified atom stereocenters. The first kappa shape index (κ1) is 14.3. The van der Waals surface area contributed by atoms with Crippen LogP contribution in [0.25, 0.3) is 33.4 Å². The molecule has 0 spiro atoms. The standard InChI is InChI=1S/C21H14O3/c22-16-11-18(23)21-17(14-7-3-1-4-8-14)13-19(24-20(21)12-16)15-9-5-2-6-10-15/h1-13H,(H-,22,23)/p+1. The van der Waals surface area contributed by atoms with Gasteiger partial charge in [-0.25, -0.2) is 4.42 Å². The summed E-state index contributed by atoms with van der Waals surface area (Å²) in [4.78, 5) is 0. The topological polar surface area (TPSA) is 51.8 Å². The Balaban J connectivity index is 2.08. The minimum Gasteiger partial charge on any atom is -0.507 e.